The van der Waals surface area contributed by atoms with Crippen molar-refractivity contribution in [3.63, 3.8) is 0 Å². The molecule has 0 N–H and O–H groups in total. The summed E-state index contributed by atoms with van der Waals surface area (Å²) in [5.74, 6) is -1.78. The first-order chi connectivity index (χ1) is 11.9. The fourth-order valence-electron chi connectivity index (χ4n) is 2.00. The van der Waals surface area contributed by atoms with Crippen molar-refractivity contribution in [3.8, 4) is 0 Å². The lowest BCUT2D eigenvalue weighted by Crippen LogP contribution is -2.11. The van der Waals surface area contributed by atoms with Gasteiger partial charge in [0.25, 0.3) is 0 Å². The van der Waals surface area contributed by atoms with Crippen LogP contribution in [0.1, 0.15) is 11.1 Å². The third-order valence-corrected chi connectivity index (χ3v) is 5.45. The second-order valence-corrected chi connectivity index (χ2v) is 7.49. The van der Waals surface area contributed by atoms with Gasteiger partial charge in [0.15, 0.2) is 0 Å². The fourth-order valence-corrected chi connectivity index (χ4v) is 4.05. The third-order valence-electron chi connectivity index (χ3n) is 3.02. The van der Waals surface area contributed by atoms with Crippen LogP contribution in [0.4, 0.5) is 35.1 Å². The molecule has 0 nitrogen and oxygen atoms in total. The summed E-state index contributed by atoms with van der Waals surface area (Å²) in [5, 5.41) is 0. The number of halogens is 8. The average Bonchev–Trinajstić information content (AvgIpc) is 2.44. The van der Waals surface area contributed by atoms with Crippen LogP contribution < -0.4 is 0 Å². The highest BCUT2D eigenvalue weighted by atomic mass is 33.1. The Labute approximate surface area is 151 Å². The van der Waals surface area contributed by atoms with Crippen molar-refractivity contribution in [2.75, 3.05) is 0 Å². The molecular formula is C16H10F8S2. The highest BCUT2D eigenvalue weighted by Crippen LogP contribution is 2.40. The van der Waals surface area contributed by atoms with Crippen molar-refractivity contribution in [1.82, 2.24) is 0 Å². The van der Waals surface area contributed by atoms with Crippen molar-refractivity contribution in [2.45, 2.75) is 35.0 Å². The second-order valence-electron chi connectivity index (χ2n) is 5.28. The first-order valence-electron chi connectivity index (χ1n) is 6.98. The van der Waals surface area contributed by atoms with E-state index in [1.165, 1.54) is 0 Å². The molecule has 0 aromatic heterocycles. The molecule has 0 spiro atoms. The maximum absolute atomic E-state index is 13.9. The molecule has 2 aromatic rings. The van der Waals surface area contributed by atoms with Crippen LogP contribution in [0.3, 0.4) is 0 Å². The zero-order valence-electron chi connectivity index (χ0n) is 12.7. The Morgan fingerprint density at radius 1 is 0.615 bits per heavy atom. The molecule has 0 saturated heterocycles. The SMILES string of the molecule is Fc1cc(CC(F)(F)F)ccc1SSc1ccc(CC(F)(F)F)cc1F. The number of benzene rings is 2. The van der Waals surface area contributed by atoms with Gasteiger partial charge in [0.1, 0.15) is 11.6 Å². The van der Waals surface area contributed by atoms with Crippen molar-refractivity contribution < 1.29 is 35.1 Å². The van der Waals surface area contributed by atoms with E-state index in [1.807, 2.05) is 0 Å². The van der Waals surface area contributed by atoms with Gasteiger partial charge < -0.3 is 0 Å². The maximum atomic E-state index is 13.9. The van der Waals surface area contributed by atoms with Gasteiger partial charge in [-0.25, -0.2) is 8.78 Å². The van der Waals surface area contributed by atoms with E-state index in [4.69, 9.17) is 0 Å². The first kappa shape index (κ1) is 20.9. The minimum atomic E-state index is -4.46. The Morgan fingerprint density at radius 3 is 1.23 bits per heavy atom. The largest absolute Gasteiger partial charge is 0.393 e. The van der Waals surface area contributed by atoms with Gasteiger partial charge in [-0.2, -0.15) is 26.3 Å². The first-order valence-corrected chi connectivity index (χ1v) is 9.13. The van der Waals surface area contributed by atoms with E-state index in [0.29, 0.717) is 0 Å². The average molecular weight is 418 g/mol. The number of rotatable bonds is 5. The van der Waals surface area contributed by atoms with Crippen LogP contribution in [0.2, 0.25) is 0 Å². The molecule has 0 aliphatic heterocycles. The topological polar surface area (TPSA) is 0 Å². The van der Waals surface area contributed by atoms with Crippen LogP contribution in [-0.2, 0) is 12.8 Å². The summed E-state index contributed by atoms with van der Waals surface area (Å²) >= 11 is 0. The van der Waals surface area contributed by atoms with E-state index in [0.717, 1.165) is 58.0 Å². The Bertz CT molecular complexity index is 702. The molecule has 2 aromatic carbocycles. The molecule has 0 bridgehead atoms. The molecule has 0 unspecified atom stereocenters. The third kappa shape index (κ3) is 6.71. The number of hydrogen-bond donors (Lipinski definition) is 0. The number of hydrogen-bond acceptors (Lipinski definition) is 2. The zero-order chi connectivity index (χ0) is 19.5. The normalized spacial score (nSPS) is 12.5. The molecule has 0 atom stereocenters. The lowest BCUT2D eigenvalue weighted by Gasteiger charge is -2.10. The van der Waals surface area contributed by atoms with Crippen molar-refractivity contribution in [1.29, 1.82) is 0 Å². The molecule has 10 heteroatoms. The van der Waals surface area contributed by atoms with Crippen LogP contribution in [0, 0.1) is 11.6 Å². The molecule has 0 radical (unpaired) electrons. The maximum Gasteiger partial charge on any atom is 0.393 e. The van der Waals surface area contributed by atoms with E-state index in [-0.39, 0.29) is 20.9 Å². The van der Waals surface area contributed by atoms with Crippen molar-refractivity contribution >= 4 is 21.6 Å². The molecule has 0 heterocycles. The van der Waals surface area contributed by atoms with Gasteiger partial charge in [0, 0.05) is 0 Å². The molecular weight excluding hydrogens is 408 g/mol. The second kappa shape index (κ2) is 8.08. The predicted octanol–water partition coefficient (Wildman–Crippen LogP) is 6.97. The molecule has 0 aliphatic rings. The van der Waals surface area contributed by atoms with Crippen molar-refractivity contribution in [3.05, 3.63) is 59.2 Å². The van der Waals surface area contributed by atoms with Gasteiger partial charge in [0.05, 0.1) is 22.6 Å². The standard InChI is InChI=1S/C16H10F8S2/c17-11-5-9(7-15(19,20)21)1-3-13(11)25-26-14-4-2-10(6-12(14)18)8-16(22,23)24/h1-6H,7-8H2. The molecule has 0 amide bonds. The molecule has 0 saturated carbocycles. The minimum Gasteiger partial charge on any atom is -0.206 e. The van der Waals surface area contributed by atoms with Crippen LogP contribution in [-0.4, -0.2) is 12.4 Å². The lowest BCUT2D eigenvalue weighted by atomic mass is 10.1. The summed E-state index contributed by atoms with van der Waals surface area (Å²) in [6.45, 7) is 0. The zero-order valence-corrected chi connectivity index (χ0v) is 14.4. The molecule has 26 heavy (non-hydrogen) atoms. The molecule has 0 aliphatic carbocycles. The van der Waals surface area contributed by atoms with E-state index < -0.39 is 36.8 Å². The van der Waals surface area contributed by atoms with Gasteiger partial charge in [0.2, 0.25) is 0 Å². The highest BCUT2D eigenvalue weighted by Gasteiger charge is 2.28. The smallest absolute Gasteiger partial charge is 0.206 e. The molecule has 142 valence electrons. The van der Waals surface area contributed by atoms with Gasteiger partial charge in [-0.15, -0.1) is 0 Å². The predicted molar refractivity (Wildman–Crippen MR) is 84.0 cm³/mol. The summed E-state index contributed by atoms with van der Waals surface area (Å²) in [4.78, 5) is -0.0283. The van der Waals surface area contributed by atoms with Crippen LogP contribution in [0.25, 0.3) is 0 Å². The van der Waals surface area contributed by atoms with Crippen LogP contribution >= 0.6 is 21.6 Å². The summed E-state index contributed by atoms with van der Waals surface area (Å²) in [5.41, 5.74) is -0.487. The van der Waals surface area contributed by atoms with E-state index in [2.05, 4.69) is 0 Å². The number of alkyl halides is 6. The van der Waals surface area contributed by atoms with E-state index >= 15 is 0 Å². The molecule has 2 rings (SSSR count). The van der Waals surface area contributed by atoms with E-state index in [1.54, 1.807) is 0 Å². The van der Waals surface area contributed by atoms with Gasteiger partial charge in [-0.1, -0.05) is 12.1 Å². The molecule has 0 fully saturated rings. The fraction of sp³-hybridized carbons (Fsp3) is 0.250. The van der Waals surface area contributed by atoms with Crippen LogP contribution in [0.15, 0.2) is 46.2 Å². The highest BCUT2D eigenvalue weighted by molar-refractivity contribution is 8.76. The van der Waals surface area contributed by atoms with Gasteiger partial charge >= 0.3 is 12.4 Å². The Hall–Kier alpha value is -1.42. The Kier molecular flexibility index (Phi) is 6.49. The van der Waals surface area contributed by atoms with E-state index in [9.17, 15) is 35.1 Å². The van der Waals surface area contributed by atoms with Gasteiger partial charge in [-0.05, 0) is 57.0 Å². The van der Waals surface area contributed by atoms with Crippen molar-refractivity contribution in [2.24, 2.45) is 0 Å². The summed E-state index contributed by atoms with van der Waals surface area (Å²) in [7, 11) is 1.52. The van der Waals surface area contributed by atoms with Crippen LogP contribution in [0.5, 0.6) is 0 Å². The Morgan fingerprint density at radius 2 is 0.962 bits per heavy atom. The quantitative estimate of drug-likeness (QED) is 0.380. The van der Waals surface area contributed by atoms with Gasteiger partial charge in [-0.3, -0.25) is 0 Å². The summed E-state index contributed by atoms with van der Waals surface area (Å²) in [6, 6.07) is 6.01. The minimum absolute atomic E-state index is 0.0142. The Balaban J connectivity index is 2.04. The monoisotopic (exact) mass is 418 g/mol. The lowest BCUT2D eigenvalue weighted by molar-refractivity contribution is -0.128. The summed E-state index contributed by atoms with van der Waals surface area (Å²) < 4.78 is 101. The summed E-state index contributed by atoms with van der Waals surface area (Å²) in [6.07, 6.45) is -11.5.